The van der Waals surface area contributed by atoms with E-state index in [2.05, 4.69) is 33.3 Å². The molecule has 2 heterocycles. The number of nitrogens with zero attached hydrogens (tertiary/aromatic N) is 4. The zero-order chi connectivity index (χ0) is 13.1. The summed E-state index contributed by atoms with van der Waals surface area (Å²) in [5, 5.41) is 0. The first-order valence-corrected chi connectivity index (χ1v) is 6.82. The van der Waals surface area contributed by atoms with Gasteiger partial charge in [0.1, 0.15) is 5.82 Å². The summed E-state index contributed by atoms with van der Waals surface area (Å²) in [5.74, 6) is 1.05. The summed E-state index contributed by atoms with van der Waals surface area (Å²) in [6.45, 7) is 10.5. The van der Waals surface area contributed by atoms with Gasteiger partial charge in [0.2, 0.25) is 0 Å². The zero-order valence-electron chi connectivity index (χ0n) is 11.8. The van der Waals surface area contributed by atoms with Crippen molar-refractivity contribution in [3.8, 4) is 0 Å². The first-order valence-electron chi connectivity index (χ1n) is 6.82. The van der Waals surface area contributed by atoms with E-state index in [1.54, 1.807) is 0 Å². The summed E-state index contributed by atoms with van der Waals surface area (Å²) in [4.78, 5) is 9.35. The van der Waals surface area contributed by atoms with Gasteiger partial charge >= 0.3 is 0 Å². The molecule has 1 aliphatic heterocycles. The zero-order valence-corrected chi connectivity index (χ0v) is 11.8. The number of aromatic nitrogens is 2. The van der Waals surface area contributed by atoms with Gasteiger partial charge in [0, 0.05) is 39.8 Å². The van der Waals surface area contributed by atoms with Crippen LogP contribution in [0.5, 0.6) is 0 Å². The van der Waals surface area contributed by atoms with Crippen molar-refractivity contribution >= 4 is 0 Å². The van der Waals surface area contributed by atoms with Crippen LogP contribution in [0.3, 0.4) is 0 Å². The van der Waals surface area contributed by atoms with Crippen molar-refractivity contribution in [2.24, 2.45) is 12.8 Å². The molecule has 5 nitrogen and oxygen atoms in total. The summed E-state index contributed by atoms with van der Waals surface area (Å²) in [7, 11) is 2.07. The van der Waals surface area contributed by atoms with Gasteiger partial charge in [-0.1, -0.05) is 6.92 Å². The fraction of sp³-hybridized carbons (Fsp3) is 0.769. The maximum atomic E-state index is 5.98. The highest BCUT2D eigenvalue weighted by Crippen LogP contribution is 2.21. The third kappa shape index (κ3) is 2.58. The molecule has 1 aromatic heterocycles. The van der Waals surface area contributed by atoms with E-state index in [9.17, 15) is 0 Å². The molecule has 2 rings (SSSR count). The first-order chi connectivity index (χ1) is 8.67. The standard InChI is InChI=1S/C13H25N5/c1-4-17-5-7-18(8-6-17)12(9-14)13-10-15-11(2)16(13)3/h10,12H,4-9,14H2,1-3H3. The van der Waals surface area contributed by atoms with Crippen LogP contribution in [-0.2, 0) is 7.05 Å². The van der Waals surface area contributed by atoms with Gasteiger partial charge in [-0.3, -0.25) is 4.90 Å². The van der Waals surface area contributed by atoms with Crippen LogP contribution in [-0.4, -0.2) is 58.6 Å². The number of aryl methyl sites for hydroxylation is 1. The molecule has 1 aliphatic rings. The Morgan fingerprint density at radius 2 is 2.00 bits per heavy atom. The van der Waals surface area contributed by atoms with Crippen LogP contribution in [0.4, 0.5) is 0 Å². The first kappa shape index (κ1) is 13.5. The minimum absolute atomic E-state index is 0.301. The molecule has 2 N–H and O–H groups in total. The van der Waals surface area contributed by atoms with Crippen molar-refractivity contribution in [1.82, 2.24) is 19.4 Å². The van der Waals surface area contributed by atoms with Crippen molar-refractivity contribution in [3.05, 3.63) is 17.7 Å². The molecule has 0 aliphatic carbocycles. The van der Waals surface area contributed by atoms with Gasteiger partial charge in [0.05, 0.1) is 17.9 Å². The Labute approximate surface area is 110 Å². The molecule has 1 saturated heterocycles. The second kappa shape index (κ2) is 5.82. The lowest BCUT2D eigenvalue weighted by atomic mass is 10.1. The molecule has 0 spiro atoms. The average molecular weight is 251 g/mol. The minimum Gasteiger partial charge on any atom is -0.334 e. The monoisotopic (exact) mass is 251 g/mol. The number of imidazole rings is 1. The summed E-state index contributed by atoms with van der Waals surface area (Å²) in [5.41, 5.74) is 7.22. The molecule has 1 aromatic rings. The van der Waals surface area contributed by atoms with Crippen LogP contribution in [0, 0.1) is 6.92 Å². The molecule has 1 unspecified atom stereocenters. The van der Waals surface area contributed by atoms with Gasteiger partial charge in [0.15, 0.2) is 0 Å². The number of hydrogen-bond acceptors (Lipinski definition) is 4. The number of likely N-dealkylation sites (N-methyl/N-ethyl adjacent to an activating group) is 1. The van der Waals surface area contributed by atoms with E-state index in [1.165, 1.54) is 5.69 Å². The molecular formula is C13H25N5. The predicted octanol–water partition coefficient (Wildman–Crippen LogP) is 0.366. The summed E-state index contributed by atoms with van der Waals surface area (Å²) < 4.78 is 2.16. The highest BCUT2D eigenvalue weighted by atomic mass is 15.3. The normalized spacial score (nSPS) is 20.2. The second-order valence-corrected chi connectivity index (χ2v) is 5.01. The number of rotatable bonds is 4. The average Bonchev–Trinajstić information content (AvgIpc) is 2.73. The maximum absolute atomic E-state index is 5.98. The van der Waals surface area contributed by atoms with Crippen molar-refractivity contribution in [2.75, 3.05) is 39.3 Å². The highest BCUT2D eigenvalue weighted by molar-refractivity contribution is 5.10. The van der Waals surface area contributed by atoms with Crippen LogP contribution < -0.4 is 5.73 Å². The van der Waals surface area contributed by atoms with E-state index in [1.807, 2.05) is 13.1 Å². The topological polar surface area (TPSA) is 50.3 Å². The fourth-order valence-corrected chi connectivity index (χ4v) is 2.68. The van der Waals surface area contributed by atoms with Crippen LogP contribution in [0.25, 0.3) is 0 Å². The molecular weight excluding hydrogens is 226 g/mol. The molecule has 0 aromatic carbocycles. The van der Waals surface area contributed by atoms with Crippen molar-refractivity contribution in [2.45, 2.75) is 19.9 Å². The molecule has 102 valence electrons. The Bertz CT molecular complexity index is 379. The van der Waals surface area contributed by atoms with E-state index in [4.69, 9.17) is 5.73 Å². The van der Waals surface area contributed by atoms with Crippen molar-refractivity contribution < 1.29 is 0 Å². The Morgan fingerprint density at radius 1 is 1.33 bits per heavy atom. The van der Waals surface area contributed by atoms with Crippen LogP contribution in [0.2, 0.25) is 0 Å². The van der Waals surface area contributed by atoms with Gasteiger partial charge in [-0.2, -0.15) is 0 Å². The lowest BCUT2D eigenvalue weighted by molar-refractivity contribution is 0.0991. The molecule has 18 heavy (non-hydrogen) atoms. The van der Waals surface area contributed by atoms with Crippen molar-refractivity contribution in [1.29, 1.82) is 0 Å². The summed E-state index contributed by atoms with van der Waals surface area (Å²) in [6.07, 6.45) is 1.97. The van der Waals surface area contributed by atoms with Gasteiger partial charge in [0.25, 0.3) is 0 Å². The summed E-state index contributed by atoms with van der Waals surface area (Å²) in [6, 6.07) is 0.301. The number of piperazine rings is 1. The number of hydrogen-bond donors (Lipinski definition) is 1. The SMILES string of the molecule is CCN1CCN(C(CN)c2cnc(C)n2C)CC1. The second-order valence-electron chi connectivity index (χ2n) is 5.01. The molecule has 0 saturated carbocycles. The van der Waals surface area contributed by atoms with Gasteiger partial charge < -0.3 is 15.2 Å². The minimum atomic E-state index is 0.301. The lowest BCUT2D eigenvalue weighted by Crippen LogP contribution is -2.49. The Kier molecular flexibility index (Phi) is 4.37. The third-order valence-electron chi connectivity index (χ3n) is 4.12. The van der Waals surface area contributed by atoms with Crippen LogP contribution in [0.15, 0.2) is 6.20 Å². The van der Waals surface area contributed by atoms with E-state index in [-0.39, 0.29) is 0 Å². The van der Waals surface area contributed by atoms with E-state index >= 15 is 0 Å². The molecule has 1 atom stereocenters. The van der Waals surface area contributed by atoms with Crippen molar-refractivity contribution in [3.63, 3.8) is 0 Å². The van der Waals surface area contributed by atoms with Crippen LogP contribution >= 0.6 is 0 Å². The highest BCUT2D eigenvalue weighted by Gasteiger charge is 2.25. The van der Waals surface area contributed by atoms with E-state index in [0.29, 0.717) is 12.6 Å². The third-order valence-corrected chi connectivity index (χ3v) is 4.12. The fourth-order valence-electron chi connectivity index (χ4n) is 2.68. The lowest BCUT2D eigenvalue weighted by Gasteiger charge is -2.38. The Balaban J connectivity index is 2.08. The van der Waals surface area contributed by atoms with Gasteiger partial charge in [-0.25, -0.2) is 4.98 Å². The molecule has 5 heteroatoms. The number of nitrogens with two attached hydrogens (primary N) is 1. The van der Waals surface area contributed by atoms with Gasteiger partial charge in [-0.15, -0.1) is 0 Å². The Hall–Kier alpha value is -0.910. The molecule has 1 fully saturated rings. The quantitative estimate of drug-likeness (QED) is 0.840. The molecule has 0 radical (unpaired) electrons. The summed E-state index contributed by atoms with van der Waals surface area (Å²) >= 11 is 0. The van der Waals surface area contributed by atoms with Gasteiger partial charge in [-0.05, 0) is 13.5 Å². The van der Waals surface area contributed by atoms with Crippen LogP contribution in [0.1, 0.15) is 24.5 Å². The van der Waals surface area contributed by atoms with E-state index in [0.717, 1.165) is 38.5 Å². The smallest absolute Gasteiger partial charge is 0.105 e. The Morgan fingerprint density at radius 3 is 2.44 bits per heavy atom. The molecule has 0 bridgehead atoms. The molecule has 0 amide bonds. The van der Waals surface area contributed by atoms with E-state index < -0.39 is 0 Å². The predicted molar refractivity (Wildman–Crippen MR) is 73.4 cm³/mol. The maximum Gasteiger partial charge on any atom is 0.105 e. The largest absolute Gasteiger partial charge is 0.334 e.